The van der Waals surface area contributed by atoms with E-state index in [4.69, 9.17) is 0 Å². The molecule has 124 valence electrons. The number of hydrogen-bond acceptors (Lipinski definition) is 3. The highest BCUT2D eigenvalue weighted by atomic mass is 79.9. The summed E-state index contributed by atoms with van der Waals surface area (Å²) in [5.41, 5.74) is 1.64. The Kier molecular flexibility index (Phi) is 4.76. The molecule has 0 bridgehead atoms. The molecule has 0 saturated carbocycles. The summed E-state index contributed by atoms with van der Waals surface area (Å²) in [7, 11) is 0. The fraction of sp³-hybridized carbons (Fsp3) is 0.222. The van der Waals surface area contributed by atoms with E-state index in [9.17, 15) is 8.78 Å². The first-order chi connectivity index (χ1) is 11.4. The third-order valence-electron chi connectivity index (χ3n) is 3.79. The van der Waals surface area contributed by atoms with Crippen LogP contribution in [0.15, 0.2) is 46.9 Å². The standard InChI is InChI=1S/C18H16BrF2N3/c1-10(12-4-3-5-13(8-12)17(20)21)22-18-15-9-14(19)6-7-16(15)23-11(2)24-18/h3-10,17H,1-2H3,(H,22,23,24)/t10-/m1/s1. The van der Waals surface area contributed by atoms with Gasteiger partial charge >= 0.3 is 0 Å². The Balaban J connectivity index is 1.97. The van der Waals surface area contributed by atoms with Crippen molar-refractivity contribution in [3.05, 3.63) is 63.9 Å². The summed E-state index contributed by atoms with van der Waals surface area (Å²) in [4.78, 5) is 8.90. The zero-order chi connectivity index (χ0) is 17.3. The molecule has 3 nitrogen and oxygen atoms in total. The van der Waals surface area contributed by atoms with Gasteiger partial charge in [0.15, 0.2) is 0 Å². The molecule has 3 rings (SSSR count). The number of hydrogen-bond donors (Lipinski definition) is 1. The van der Waals surface area contributed by atoms with Gasteiger partial charge in [-0.1, -0.05) is 34.1 Å². The molecule has 2 aromatic carbocycles. The highest BCUT2D eigenvalue weighted by Gasteiger charge is 2.13. The maximum atomic E-state index is 12.9. The van der Waals surface area contributed by atoms with Crippen LogP contribution in [0.1, 0.15) is 36.3 Å². The fourth-order valence-corrected chi connectivity index (χ4v) is 2.94. The van der Waals surface area contributed by atoms with Crippen molar-refractivity contribution in [3.63, 3.8) is 0 Å². The average molecular weight is 392 g/mol. The van der Waals surface area contributed by atoms with Crippen LogP contribution in [0.3, 0.4) is 0 Å². The number of fused-ring (bicyclic) bond motifs is 1. The Hall–Kier alpha value is -2.08. The number of halogens is 3. The van der Waals surface area contributed by atoms with E-state index >= 15 is 0 Å². The van der Waals surface area contributed by atoms with Crippen LogP contribution in [-0.2, 0) is 0 Å². The van der Waals surface area contributed by atoms with E-state index in [2.05, 4.69) is 31.2 Å². The first-order valence-electron chi connectivity index (χ1n) is 7.52. The molecule has 1 heterocycles. The van der Waals surface area contributed by atoms with Crippen molar-refractivity contribution in [2.45, 2.75) is 26.3 Å². The fourth-order valence-electron chi connectivity index (χ4n) is 2.58. The number of rotatable bonds is 4. The molecule has 1 atom stereocenters. The molecule has 24 heavy (non-hydrogen) atoms. The first kappa shape index (κ1) is 16.8. The van der Waals surface area contributed by atoms with Gasteiger partial charge in [0, 0.05) is 21.5 Å². The van der Waals surface area contributed by atoms with Crippen LogP contribution in [0.25, 0.3) is 10.9 Å². The molecule has 0 fully saturated rings. The molecular weight excluding hydrogens is 376 g/mol. The predicted molar refractivity (Wildman–Crippen MR) is 95.4 cm³/mol. The summed E-state index contributed by atoms with van der Waals surface area (Å²) in [5, 5.41) is 4.20. The number of aromatic nitrogens is 2. The number of anilines is 1. The van der Waals surface area contributed by atoms with Gasteiger partial charge in [-0.3, -0.25) is 0 Å². The molecule has 6 heteroatoms. The van der Waals surface area contributed by atoms with Crippen LogP contribution < -0.4 is 5.32 Å². The molecule has 0 saturated heterocycles. The van der Waals surface area contributed by atoms with Crippen molar-refractivity contribution >= 4 is 32.7 Å². The van der Waals surface area contributed by atoms with Crippen LogP contribution in [0.5, 0.6) is 0 Å². The van der Waals surface area contributed by atoms with Crippen molar-refractivity contribution in [1.29, 1.82) is 0 Å². The van der Waals surface area contributed by atoms with E-state index in [1.807, 2.05) is 38.1 Å². The second-order valence-electron chi connectivity index (χ2n) is 5.62. The Morgan fingerprint density at radius 1 is 1.04 bits per heavy atom. The topological polar surface area (TPSA) is 37.8 Å². The van der Waals surface area contributed by atoms with Crippen LogP contribution in [-0.4, -0.2) is 9.97 Å². The minimum atomic E-state index is -2.48. The zero-order valence-corrected chi connectivity index (χ0v) is 14.8. The smallest absolute Gasteiger partial charge is 0.263 e. The van der Waals surface area contributed by atoms with Crippen LogP contribution in [0.2, 0.25) is 0 Å². The summed E-state index contributed by atoms with van der Waals surface area (Å²) < 4.78 is 26.7. The largest absolute Gasteiger partial charge is 0.363 e. The van der Waals surface area contributed by atoms with Crippen LogP contribution in [0, 0.1) is 6.92 Å². The van der Waals surface area contributed by atoms with E-state index in [0.717, 1.165) is 20.9 Å². The first-order valence-corrected chi connectivity index (χ1v) is 8.32. The van der Waals surface area contributed by atoms with Crippen LogP contribution in [0.4, 0.5) is 14.6 Å². The second-order valence-corrected chi connectivity index (χ2v) is 6.53. The number of benzene rings is 2. The lowest BCUT2D eigenvalue weighted by Gasteiger charge is -2.17. The van der Waals surface area contributed by atoms with Gasteiger partial charge in [-0.15, -0.1) is 0 Å². The van der Waals surface area contributed by atoms with Gasteiger partial charge in [0.1, 0.15) is 11.6 Å². The third-order valence-corrected chi connectivity index (χ3v) is 4.28. The van der Waals surface area contributed by atoms with Gasteiger partial charge in [-0.2, -0.15) is 0 Å². The van der Waals surface area contributed by atoms with Crippen molar-refractivity contribution < 1.29 is 8.78 Å². The molecule has 0 radical (unpaired) electrons. The molecule has 0 aliphatic rings. The van der Waals surface area contributed by atoms with Crippen LogP contribution >= 0.6 is 15.9 Å². The number of nitrogens with one attached hydrogen (secondary N) is 1. The minimum absolute atomic E-state index is 0.0209. The molecule has 0 aliphatic carbocycles. The van der Waals surface area contributed by atoms with Crippen molar-refractivity contribution in [3.8, 4) is 0 Å². The van der Waals surface area contributed by atoms with Gasteiger partial charge in [0.05, 0.1) is 5.52 Å². The van der Waals surface area contributed by atoms with Crippen molar-refractivity contribution in [1.82, 2.24) is 9.97 Å². The molecular formula is C18H16BrF2N3. The molecule has 0 aliphatic heterocycles. The second kappa shape index (κ2) is 6.81. The minimum Gasteiger partial charge on any atom is -0.363 e. The van der Waals surface area contributed by atoms with E-state index < -0.39 is 6.43 Å². The monoisotopic (exact) mass is 391 g/mol. The number of aryl methyl sites for hydroxylation is 1. The number of nitrogens with zero attached hydrogens (tertiary/aromatic N) is 2. The Labute approximate surface area is 147 Å². The van der Waals surface area contributed by atoms with E-state index in [0.29, 0.717) is 11.6 Å². The Morgan fingerprint density at radius 2 is 1.79 bits per heavy atom. The lowest BCUT2D eigenvalue weighted by atomic mass is 10.1. The van der Waals surface area contributed by atoms with Gasteiger partial charge < -0.3 is 5.32 Å². The lowest BCUT2D eigenvalue weighted by molar-refractivity contribution is 0.151. The Morgan fingerprint density at radius 3 is 2.54 bits per heavy atom. The Bertz CT molecular complexity index is 883. The quantitative estimate of drug-likeness (QED) is 0.609. The SMILES string of the molecule is Cc1nc(N[C@H](C)c2cccc(C(F)F)c2)c2cc(Br)ccc2n1. The molecule has 0 unspecified atom stereocenters. The summed E-state index contributed by atoms with van der Waals surface area (Å²) in [6, 6.07) is 12.1. The molecule has 1 aromatic heterocycles. The maximum Gasteiger partial charge on any atom is 0.263 e. The predicted octanol–water partition coefficient (Wildman–Crippen LogP) is 5.81. The number of alkyl halides is 2. The lowest BCUT2D eigenvalue weighted by Crippen LogP contribution is -2.10. The average Bonchev–Trinajstić information content (AvgIpc) is 2.55. The molecule has 0 spiro atoms. The summed E-state index contributed by atoms with van der Waals surface area (Å²) in [6.45, 7) is 3.75. The van der Waals surface area contributed by atoms with Gasteiger partial charge in [-0.25, -0.2) is 18.7 Å². The molecule has 3 aromatic rings. The van der Waals surface area contributed by atoms with E-state index in [1.165, 1.54) is 12.1 Å². The summed E-state index contributed by atoms with van der Waals surface area (Å²) in [6.07, 6.45) is -2.48. The summed E-state index contributed by atoms with van der Waals surface area (Å²) in [5.74, 6) is 1.34. The summed E-state index contributed by atoms with van der Waals surface area (Å²) >= 11 is 3.46. The van der Waals surface area contributed by atoms with Crippen molar-refractivity contribution in [2.75, 3.05) is 5.32 Å². The van der Waals surface area contributed by atoms with E-state index in [-0.39, 0.29) is 11.6 Å². The highest BCUT2D eigenvalue weighted by Crippen LogP contribution is 2.28. The molecule has 0 amide bonds. The van der Waals surface area contributed by atoms with Gasteiger partial charge in [0.25, 0.3) is 6.43 Å². The van der Waals surface area contributed by atoms with E-state index in [1.54, 1.807) is 6.07 Å². The van der Waals surface area contributed by atoms with Gasteiger partial charge in [0.2, 0.25) is 0 Å². The van der Waals surface area contributed by atoms with Crippen molar-refractivity contribution in [2.24, 2.45) is 0 Å². The normalized spacial score (nSPS) is 12.6. The third kappa shape index (κ3) is 3.53. The maximum absolute atomic E-state index is 12.9. The molecule has 1 N–H and O–H groups in total. The highest BCUT2D eigenvalue weighted by molar-refractivity contribution is 9.10. The van der Waals surface area contributed by atoms with Gasteiger partial charge in [-0.05, 0) is 43.7 Å². The zero-order valence-electron chi connectivity index (χ0n) is 13.2.